The molecule has 0 radical (unpaired) electrons. The molecule has 0 unspecified atom stereocenters. The lowest BCUT2D eigenvalue weighted by Crippen LogP contribution is -1.95. The molecule has 12 aromatic carbocycles. The van der Waals surface area contributed by atoms with Gasteiger partial charge in [-0.3, -0.25) is 0 Å². The zero-order valence-electron chi connectivity index (χ0n) is 31.9. The second-order valence-electron chi connectivity index (χ2n) is 16.0. The van der Waals surface area contributed by atoms with E-state index in [2.05, 4.69) is 200 Å². The van der Waals surface area contributed by atoms with E-state index in [4.69, 9.17) is 11.6 Å². The number of fused-ring (bicyclic) bond motifs is 13. The van der Waals surface area contributed by atoms with Crippen molar-refractivity contribution in [1.29, 1.82) is 0 Å². The summed E-state index contributed by atoms with van der Waals surface area (Å²) in [5.74, 6) is 0. The maximum Gasteiger partial charge on any atom is 0.0491 e. The molecular formula is C58H33Cl. The molecule has 1 heteroatoms. The SMILES string of the molecule is Clc1cc2c(ccc3c2ccc2c(-c4ccccc4)c4c(c(-c5ccccc5)c23)-c2cccc3c2c-4cc2ccccc23)cc1-c1cc2ccccc2c2ccccc12. The molecule has 0 saturated carbocycles. The highest BCUT2D eigenvalue weighted by Crippen LogP contribution is 2.59. The van der Waals surface area contributed by atoms with Gasteiger partial charge in [0.15, 0.2) is 0 Å². The van der Waals surface area contributed by atoms with Crippen LogP contribution in [-0.2, 0) is 0 Å². The minimum Gasteiger partial charge on any atom is -0.0836 e. The summed E-state index contributed by atoms with van der Waals surface area (Å²) in [6.07, 6.45) is 0. The first-order valence-electron chi connectivity index (χ1n) is 20.4. The molecule has 13 rings (SSSR count). The average molecular weight is 765 g/mol. The molecule has 1 aliphatic rings. The maximum atomic E-state index is 7.46. The third kappa shape index (κ3) is 4.61. The van der Waals surface area contributed by atoms with Gasteiger partial charge in [0, 0.05) is 10.6 Å². The lowest BCUT2D eigenvalue weighted by atomic mass is 9.80. The minimum atomic E-state index is 0.752. The Bertz CT molecular complexity index is 3770. The van der Waals surface area contributed by atoms with Crippen LogP contribution >= 0.6 is 11.6 Å². The van der Waals surface area contributed by atoms with Crippen molar-refractivity contribution in [3.05, 3.63) is 205 Å². The van der Waals surface area contributed by atoms with Crippen LogP contribution in [0.5, 0.6) is 0 Å². The predicted octanol–water partition coefficient (Wildman–Crippen LogP) is 17.1. The first-order chi connectivity index (χ1) is 29.2. The van der Waals surface area contributed by atoms with Gasteiger partial charge in [-0.1, -0.05) is 188 Å². The summed E-state index contributed by atoms with van der Waals surface area (Å²) in [7, 11) is 0. The van der Waals surface area contributed by atoms with Crippen LogP contribution in [0.15, 0.2) is 200 Å². The fourth-order valence-electron chi connectivity index (χ4n) is 10.5. The summed E-state index contributed by atoms with van der Waals surface area (Å²) in [6, 6.07) is 73.8. The molecule has 0 nitrogen and oxygen atoms in total. The highest BCUT2D eigenvalue weighted by molar-refractivity contribution is 6.37. The van der Waals surface area contributed by atoms with E-state index >= 15 is 0 Å². The van der Waals surface area contributed by atoms with Gasteiger partial charge in [0.1, 0.15) is 0 Å². The van der Waals surface area contributed by atoms with E-state index in [0.717, 1.165) is 21.5 Å². The molecule has 0 amide bonds. The standard InChI is InChI=1S/C58H33Cl/c59-52-33-48-38(31-50(52)49-30-36-18-7-9-20-39(36)41-22-11-12-23-42(41)49)26-27-45-43(48)28-29-47-53(34-14-3-1-4-15-34)58-51-32-37-19-8-10-21-40(37)44-24-13-25-46(55(44)51)57(58)54(56(45)47)35-16-5-2-6-17-35/h1-33H. The van der Waals surface area contributed by atoms with Gasteiger partial charge in [-0.05, 0) is 150 Å². The second-order valence-corrected chi connectivity index (χ2v) is 16.4. The molecule has 0 bridgehead atoms. The minimum absolute atomic E-state index is 0.752. The van der Waals surface area contributed by atoms with Gasteiger partial charge in [-0.2, -0.15) is 0 Å². The fraction of sp³-hybridized carbons (Fsp3) is 0. The van der Waals surface area contributed by atoms with E-state index < -0.39 is 0 Å². The molecule has 0 aromatic heterocycles. The monoisotopic (exact) mass is 764 g/mol. The highest BCUT2D eigenvalue weighted by Gasteiger charge is 2.32. The van der Waals surface area contributed by atoms with Crippen molar-refractivity contribution in [3.63, 3.8) is 0 Å². The van der Waals surface area contributed by atoms with Gasteiger partial charge in [-0.25, -0.2) is 0 Å². The van der Waals surface area contributed by atoms with E-state index in [1.165, 1.54) is 115 Å². The predicted molar refractivity (Wildman–Crippen MR) is 255 cm³/mol. The zero-order valence-corrected chi connectivity index (χ0v) is 32.7. The lowest BCUT2D eigenvalue weighted by molar-refractivity contribution is 1.63. The van der Waals surface area contributed by atoms with E-state index in [-0.39, 0.29) is 0 Å². The van der Waals surface area contributed by atoms with Crippen molar-refractivity contribution < 1.29 is 0 Å². The van der Waals surface area contributed by atoms with Gasteiger partial charge in [0.05, 0.1) is 0 Å². The largest absolute Gasteiger partial charge is 0.0836 e. The van der Waals surface area contributed by atoms with Gasteiger partial charge >= 0.3 is 0 Å². The Hall–Kier alpha value is -7.25. The highest BCUT2D eigenvalue weighted by atomic mass is 35.5. The van der Waals surface area contributed by atoms with Gasteiger partial charge in [0.2, 0.25) is 0 Å². The smallest absolute Gasteiger partial charge is 0.0491 e. The van der Waals surface area contributed by atoms with Crippen LogP contribution in [0.2, 0.25) is 5.02 Å². The second kappa shape index (κ2) is 12.4. The normalized spacial score (nSPS) is 12.2. The van der Waals surface area contributed by atoms with E-state index in [1.807, 2.05) is 0 Å². The van der Waals surface area contributed by atoms with E-state index in [9.17, 15) is 0 Å². The van der Waals surface area contributed by atoms with Crippen molar-refractivity contribution >= 4 is 87.0 Å². The Morgan fingerprint density at radius 2 is 0.729 bits per heavy atom. The summed E-state index contributed by atoms with van der Waals surface area (Å²) in [4.78, 5) is 0. The average Bonchev–Trinajstić information content (AvgIpc) is 3.62. The molecule has 0 spiro atoms. The Labute approximate surface area is 346 Å². The molecule has 0 aliphatic heterocycles. The third-order valence-electron chi connectivity index (χ3n) is 13.0. The number of rotatable bonds is 3. The van der Waals surface area contributed by atoms with Crippen LogP contribution in [-0.4, -0.2) is 0 Å². The van der Waals surface area contributed by atoms with Crippen molar-refractivity contribution in [1.82, 2.24) is 0 Å². The topological polar surface area (TPSA) is 0 Å². The van der Waals surface area contributed by atoms with Crippen molar-refractivity contribution in [3.8, 4) is 55.6 Å². The summed E-state index contributed by atoms with van der Waals surface area (Å²) >= 11 is 7.46. The van der Waals surface area contributed by atoms with Gasteiger partial charge in [-0.15, -0.1) is 0 Å². The van der Waals surface area contributed by atoms with Crippen molar-refractivity contribution in [2.24, 2.45) is 0 Å². The zero-order chi connectivity index (χ0) is 38.8. The summed E-state index contributed by atoms with van der Waals surface area (Å²) in [5.41, 5.74) is 12.4. The summed E-state index contributed by atoms with van der Waals surface area (Å²) in [6.45, 7) is 0. The molecule has 0 heterocycles. The Kier molecular flexibility index (Phi) is 6.88. The maximum absolute atomic E-state index is 7.46. The number of hydrogen-bond acceptors (Lipinski definition) is 0. The molecule has 0 saturated heterocycles. The van der Waals surface area contributed by atoms with Crippen LogP contribution < -0.4 is 0 Å². The van der Waals surface area contributed by atoms with Crippen LogP contribution in [0.3, 0.4) is 0 Å². The van der Waals surface area contributed by atoms with Crippen molar-refractivity contribution in [2.45, 2.75) is 0 Å². The quantitative estimate of drug-likeness (QED) is 0.157. The van der Waals surface area contributed by atoms with Crippen LogP contribution in [0.25, 0.3) is 131 Å². The molecular weight excluding hydrogens is 732 g/mol. The molecule has 0 fully saturated rings. The van der Waals surface area contributed by atoms with E-state index in [1.54, 1.807) is 0 Å². The Balaban J connectivity index is 1.17. The van der Waals surface area contributed by atoms with Gasteiger partial charge in [0.25, 0.3) is 0 Å². The van der Waals surface area contributed by atoms with Crippen molar-refractivity contribution in [2.75, 3.05) is 0 Å². The summed E-state index contributed by atoms with van der Waals surface area (Å²) in [5, 5.41) is 18.1. The van der Waals surface area contributed by atoms with Gasteiger partial charge < -0.3 is 0 Å². The number of benzene rings is 12. The summed E-state index contributed by atoms with van der Waals surface area (Å²) < 4.78 is 0. The molecule has 272 valence electrons. The molecule has 12 aromatic rings. The third-order valence-corrected chi connectivity index (χ3v) is 13.3. The first kappa shape index (κ1) is 32.8. The van der Waals surface area contributed by atoms with Crippen LogP contribution in [0.1, 0.15) is 0 Å². The Morgan fingerprint density at radius 3 is 1.47 bits per heavy atom. The number of hydrogen-bond donors (Lipinski definition) is 0. The lowest BCUT2D eigenvalue weighted by Gasteiger charge is -2.22. The van der Waals surface area contributed by atoms with Crippen LogP contribution in [0.4, 0.5) is 0 Å². The van der Waals surface area contributed by atoms with E-state index in [0.29, 0.717) is 0 Å². The molecule has 0 atom stereocenters. The van der Waals surface area contributed by atoms with Crippen LogP contribution in [0, 0.1) is 0 Å². The number of halogens is 1. The first-order valence-corrected chi connectivity index (χ1v) is 20.7. The fourth-order valence-corrected chi connectivity index (χ4v) is 10.8. The Morgan fingerprint density at radius 1 is 0.237 bits per heavy atom. The molecule has 0 N–H and O–H groups in total. The molecule has 1 aliphatic carbocycles. The molecule has 59 heavy (non-hydrogen) atoms.